The summed E-state index contributed by atoms with van der Waals surface area (Å²) in [6.45, 7) is 3.20. The zero-order chi connectivity index (χ0) is 14.4. The van der Waals surface area contributed by atoms with Crippen LogP contribution in [0.1, 0.15) is 30.5 Å². The molecule has 2 aromatic rings. The molecule has 0 aliphatic heterocycles. The molecule has 0 fully saturated rings. The van der Waals surface area contributed by atoms with Crippen LogP contribution in [0.4, 0.5) is 0 Å². The topological polar surface area (TPSA) is 12.0 Å². The minimum absolute atomic E-state index is 0.321. The van der Waals surface area contributed by atoms with Gasteiger partial charge in [0.15, 0.2) is 0 Å². The molecule has 0 saturated heterocycles. The Morgan fingerprint density at radius 1 is 1.15 bits per heavy atom. The highest BCUT2D eigenvalue weighted by atomic mass is 79.9. The first kappa shape index (κ1) is 15.6. The third-order valence-electron chi connectivity index (χ3n) is 3.24. The summed E-state index contributed by atoms with van der Waals surface area (Å²) in [7, 11) is 0. The lowest BCUT2D eigenvalue weighted by Gasteiger charge is -2.19. The van der Waals surface area contributed by atoms with Crippen molar-refractivity contribution in [1.82, 2.24) is 5.32 Å². The summed E-state index contributed by atoms with van der Waals surface area (Å²) in [6.07, 6.45) is 2.07. The van der Waals surface area contributed by atoms with E-state index in [2.05, 4.69) is 58.5 Å². The van der Waals surface area contributed by atoms with Gasteiger partial charge in [-0.05, 0) is 54.8 Å². The molecular formula is C17H19BrClN. The van der Waals surface area contributed by atoms with E-state index in [1.807, 2.05) is 18.2 Å². The van der Waals surface area contributed by atoms with Crippen molar-refractivity contribution < 1.29 is 0 Å². The molecule has 1 unspecified atom stereocenters. The summed E-state index contributed by atoms with van der Waals surface area (Å²) >= 11 is 9.56. The van der Waals surface area contributed by atoms with Gasteiger partial charge in [0.25, 0.3) is 0 Å². The third-order valence-corrected chi connectivity index (χ3v) is 4.01. The molecule has 0 radical (unpaired) electrons. The SMILES string of the molecule is CCCNC(Cc1cccc(Cl)c1)c1ccc(Br)cc1. The van der Waals surface area contributed by atoms with Crippen molar-refractivity contribution in [2.45, 2.75) is 25.8 Å². The molecule has 1 nitrogen and oxygen atoms in total. The molecule has 0 amide bonds. The van der Waals surface area contributed by atoms with Gasteiger partial charge in [-0.1, -0.05) is 58.7 Å². The lowest BCUT2D eigenvalue weighted by molar-refractivity contribution is 0.529. The fourth-order valence-corrected chi connectivity index (χ4v) is 2.70. The Morgan fingerprint density at radius 2 is 1.90 bits per heavy atom. The molecule has 0 aliphatic rings. The van der Waals surface area contributed by atoms with Crippen LogP contribution in [0.5, 0.6) is 0 Å². The van der Waals surface area contributed by atoms with Crippen LogP contribution in [0.3, 0.4) is 0 Å². The maximum Gasteiger partial charge on any atom is 0.0408 e. The molecule has 2 rings (SSSR count). The van der Waals surface area contributed by atoms with E-state index in [4.69, 9.17) is 11.6 Å². The highest BCUT2D eigenvalue weighted by molar-refractivity contribution is 9.10. The highest BCUT2D eigenvalue weighted by Gasteiger charge is 2.11. The van der Waals surface area contributed by atoms with Gasteiger partial charge in [0.2, 0.25) is 0 Å². The van der Waals surface area contributed by atoms with Crippen LogP contribution >= 0.6 is 27.5 Å². The van der Waals surface area contributed by atoms with E-state index in [0.29, 0.717) is 6.04 Å². The predicted molar refractivity (Wildman–Crippen MR) is 90.3 cm³/mol. The summed E-state index contributed by atoms with van der Waals surface area (Å²) in [5.74, 6) is 0. The van der Waals surface area contributed by atoms with E-state index in [0.717, 1.165) is 28.9 Å². The molecule has 0 aromatic heterocycles. The predicted octanol–water partition coefficient (Wildman–Crippen LogP) is 5.39. The second-order valence-electron chi connectivity index (χ2n) is 4.89. The number of hydrogen-bond acceptors (Lipinski definition) is 1. The van der Waals surface area contributed by atoms with Gasteiger partial charge in [-0.2, -0.15) is 0 Å². The summed E-state index contributed by atoms with van der Waals surface area (Å²) in [5.41, 5.74) is 2.57. The van der Waals surface area contributed by atoms with Crippen molar-refractivity contribution in [2.75, 3.05) is 6.54 Å². The second-order valence-corrected chi connectivity index (χ2v) is 6.24. The van der Waals surface area contributed by atoms with Crippen molar-refractivity contribution >= 4 is 27.5 Å². The van der Waals surface area contributed by atoms with Crippen molar-refractivity contribution in [2.24, 2.45) is 0 Å². The van der Waals surface area contributed by atoms with Crippen molar-refractivity contribution in [3.8, 4) is 0 Å². The number of nitrogens with one attached hydrogen (secondary N) is 1. The molecule has 2 aromatic carbocycles. The average Bonchev–Trinajstić information content (AvgIpc) is 2.44. The van der Waals surface area contributed by atoms with Crippen LogP contribution in [0, 0.1) is 0 Å². The minimum Gasteiger partial charge on any atom is -0.310 e. The van der Waals surface area contributed by atoms with Crippen LogP contribution in [0.15, 0.2) is 53.0 Å². The van der Waals surface area contributed by atoms with E-state index in [1.165, 1.54) is 11.1 Å². The van der Waals surface area contributed by atoms with Crippen LogP contribution < -0.4 is 5.32 Å². The Morgan fingerprint density at radius 3 is 2.55 bits per heavy atom. The molecule has 0 saturated carbocycles. The van der Waals surface area contributed by atoms with E-state index in [9.17, 15) is 0 Å². The van der Waals surface area contributed by atoms with Crippen LogP contribution in [-0.2, 0) is 6.42 Å². The Balaban J connectivity index is 2.16. The number of hydrogen-bond donors (Lipinski definition) is 1. The van der Waals surface area contributed by atoms with Gasteiger partial charge in [0, 0.05) is 15.5 Å². The number of halogens is 2. The lowest BCUT2D eigenvalue weighted by Crippen LogP contribution is -2.24. The number of rotatable bonds is 6. The van der Waals surface area contributed by atoms with Crippen LogP contribution in [0.25, 0.3) is 0 Å². The maximum absolute atomic E-state index is 6.07. The Labute approximate surface area is 134 Å². The standard InChI is InChI=1S/C17H19BrClN/c1-2-10-20-17(14-6-8-15(18)9-7-14)12-13-4-3-5-16(19)11-13/h3-9,11,17,20H,2,10,12H2,1H3. The summed E-state index contributed by atoms with van der Waals surface area (Å²) in [4.78, 5) is 0. The maximum atomic E-state index is 6.07. The first-order valence-corrected chi connectivity index (χ1v) is 8.09. The quantitative estimate of drug-likeness (QED) is 0.735. The van der Waals surface area contributed by atoms with E-state index in [-0.39, 0.29) is 0 Å². The normalized spacial score (nSPS) is 12.3. The fraction of sp³-hybridized carbons (Fsp3) is 0.294. The third kappa shape index (κ3) is 4.62. The van der Waals surface area contributed by atoms with Crippen molar-refractivity contribution in [3.63, 3.8) is 0 Å². The first-order valence-electron chi connectivity index (χ1n) is 6.92. The Bertz CT molecular complexity index is 539. The molecular weight excluding hydrogens is 334 g/mol. The largest absolute Gasteiger partial charge is 0.310 e. The van der Waals surface area contributed by atoms with Crippen molar-refractivity contribution in [1.29, 1.82) is 0 Å². The zero-order valence-corrected chi connectivity index (χ0v) is 13.9. The Hall–Kier alpha value is -0.830. The summed E-state index contributed by atoms with van der Waals surface area (Å²) < 4.78 is 1.11. The van der Waals surface area contributed by atoms with Crippen molar-refractivity contribution in [3.05, 3.63) is 69.2 Å². The molecule has 1 N–H and O–H groups in total. The average molecular weight is 353 g/mol. The fourth-order valence-electron chi connectivity index (χ4n) is 2.22. The molecule has 0 bridgehead atoms. The van der Waals surface area contributed by atoms with Gasteiger partial charge in [0.1, 0.15) is 0 Å². The van der Waals surface area contributed by atoms with Gasteiger partial charge in [-0.25, -0.2) is 0 Å². The minimum atomic E-state index is 0.321. The molecule has 106 valence electrons. The van der Waals surface area contributed by atoms with E-state index in [1.54, 1.807) is 0 Å². The van der Waals surface area contributed by atoms with Gasteiger partial charge in [0.05, 0.1) is 0 Å². The molecule has 0 spiro atoms. The molecule has 0 heterocycles. The molecule has 3 heteroatoms. The van der Waals surface area contributed by atoms with Crippen LogP contribution in [-0.4, -0.2) is 6.54 Å². The molecule has 20 heavy (non-hydrogen) atoms. The van der Waals surface area contributed by atoms with Gasteiger partial charge < -0.3 is 5.32 Å². The van der Waals surface area contributed by atoms with Crippen LogP contribution in [0.2, 0.25) is 5.02 Å². The van der Waals surface area contributed by atoms with E-state index < -0.39 is 0 Å². The van der Waals surface area contributed by atoms with Gasteiger partial charge >= 0.3 is 0 Å². The van der Waals surface area contributed by atoms with Gasteiger partial charge in [-0.3, -0.25) is 0 Å². The summed E-state index contributed by atoms with van der Waals surface area (Å²) in [5, 5.41) is 4.41. The lowest BCUT2D eigenvalue weighted by atomic mass is 9.99. The second kappa shape index (κ2) is 7.82. The summed E-state index contributed by atoms with van der Waals surface area (Å²) in [6, 6.07) is 16.9. The monoisotopic (exact) mass is 351 g/mol. The smallest absolute Gasteiger partial charge is 0.0408 e. The Kier molecular flexibility index (Phi) is 6.08. The zero-order valence-electron chi connectivity index (χ0n) is 11.6. The first-order chi connectivity index (χ1) is 9.69. The highest BCUT2D eigenvalue weighted by Crippen LogP contribution is 2.22. The van der Waals surface area contributed by atoms with Gasteiger partial charge in [-0.15, -0.1) is 0 Å². The molecule has 0 aliphatic carbocycles. The molecule has 1 atom stereocenters. The van der Waals surface area contributed by atoms with E-state index >= 15 is 0 Å². The number of benzene rings is 2.